The van der Waals surface area contributed by atoms with Gasteiger partial charge in [-0.2, -0.15) is 0 Å². The third-order valence-electron chi connectivity index (χ3n) is 10.8. The topological polar surface area (TPSA) is 3.24 Å². The molecular formula is C46H37N. The summed E-state index contributed by atoms with van der Waals surface area (Å²) in [5.41, 5.74) is 16.6. The van der Waals surface area contributed by atoms with E-state index in [2.05, 4.69) is 184 Å². The largest absolute Gasteiger partial charge is 0.309 e. The second-order valence-electron chi connectivity index (χ2n) is 14.2. The van der Waals surface area contributed by atoms with Gasteiger partial charge in [-0.3, -0.25) is 0 Å². The highest BCUT2D eigenvalue weighted by Crippen LogP contribution is 2.59. The van der Waals surface area contributed by atoms with Crippen LogP contribution >= 0.6 is 0 Å². The summed E-state index contributed by atoms with van der Waals surface area (Å²) in [6.45, 7) is 9.53. The van der Waals surface area contributed by atoms with Gasteiger partial charge in [-0.05, 0) is 79.5 Å². The fourth-order valence-electron chi connectivity index (χ4n) is 8.60. The average molecular weight is 604 g/mol. The van der Waals surface area contributed by atoms with E-state index in [4.69, 9.17) is 0 Å². The molecule has 2 aliphatic rings. The lowest BCUT2D eigenvalue weighted by Gasteiger charge is -2.32. The zero-order valence-electron chi connectivity index (χ0n) is 27.4. The maximum atomic E-state index is 2.56. The zero-order valence-corrected chi connectivity index (χ0v) is 27.4. The highest BCUT2D eigenvalue weighted by atomic mass is 15.1. The summed E-state index contributed by atoms with van der Waals surface area (Å²) in [6, 6.07) is 56.2. The Balaban J connectivity index is 1.42. The van der Waals surface area contributed by atoms with Crippen LogP contribution in [0.15, 0.2) is 152 Å². The first kappa shape index (κ1) is 27.9. The van der Waals surface area contributed by atoms with Crippen LogP contribution in [-0.4, -0.2) is 0 Å². The number of fused-ring (bicyclic) bond motifs is 8. The molecule has 1 nitrogen and oxygen atoms in total. The Morgan fingerprint density at radius 1 is 0.426 bits per heavy atom. The fraction of sp³-hybridized carbons (Fsp3) is 0.130. The summed E-state index contributed by atoms with van der Waals surface area (Å²) >= 11 is 0. The second kappa shape index (κ2) is 10.0. The van der Waals surface area contributed by atoms with Crippen molar-refractivity contribution in [1.29, 1.82) is 0 Å². The van der Waals surface area contributed by atoms with Gasteiger partial charge in [0.2, 0.25) is 0 Å². The van der Waals surface area contributed by atoms with Gasteiger partial charge in [0.1, 0.15) is 0 Å². The molecular weight excluding hydrogens is 567 g/mol. The van der Waals surface area contributed by atoms with Crippen molar-refractivity contribution >= 4 is 27.8 Å². The van der Waals surface area contributed by atoms with Crippen LogP contribution in [0.5, 0.6) is 0 Å². The molecule has 1 heteroatoms. The molecule has 7 aromatic carbocycles. The van der Waals surface area contributed by atoms with Gasteiger partial charge < -0.3 is 4.90 Å². The number of nitrogens with zero attached hydrogens (tertiary/aromatic N) is 1. The van der Waals surface area contributed by atoms with Crippen molar-refractivity contribution < 1.29 is 0 Å². The molecule has 0 saturated carbocycles. The summed E-state index contributed by atoms with van der Waals surface area (Å²) in [6.07, 6.45) is 0. The molecule has 0 atom stereocenters. The number of benzene rings is 7. The van der Waals surface area contributed by atoms with Gasteiger partial charge >= 0.3 is 0 Å². The van der Waals surface area contributed by atoms with Crippen molar-refractivity contribution in [2.75, 3.05) is 4.90 Å². The van der Waals surface area contributed by atoms with Gasteiger partial charge in [0.25, 0.3) is 0 Å². The average Bonchev–Trinajstić information content (AvgIpc) is 3.50. The Bertz CT molecular complexity index is 2360. The number of anilines is 3. The molecule has 0 bridgehead atoms. The zero-order chi connectivity index (χ0) is 31.9. The molecule has 0 unspecified atom stereocenters. The fourth-order valence-corrected chi connectivity index (χ4v) is 8.60. The normalized spacial score (nSPS) is 14.7. The van der Waals surface area contributed by atoms with E-state index in [0.717, 1.165) is 5.69 Å². The molecule has 0 aromatic heterocycles. The van der Waals surface area contributed by atoms with Crippen LogP contribution < -0.4 is 4.90 Å². The quantitative estimate of drug-likeness (QED) is 0.193. The SMILES string of the molecule is CC1(C)c2ccccc2-c2c(N(c3cccc(-c4ccccc4)c3)c3cc4ccccc4c4c3-c3ccccc3C4(C)C)cccc21. The van der Waals surface area contributed by atoms with Crippen molar-refractivity contribution in [1.82, 2.24) is 0 Å². The molecule has 2 aliphatic carbocycles. The highest BCUT2D eigenvalue weighted by molar-refractivity contribution is 6.07. The van der Waals surface area contributed by atoms with Crippen molar-refractivity contribution in [2.24, 2.45) is 0 Å². The predicted molar refractivity (Wildman–Crippen MR) is 199 cm³/mol. The minimum Gasteiger partial charge on any atom is -0.309 e. The number of rotatable bonds is 4. The van der Waals surface area contributed by atoms with Crippen LogP contribution in [0.25, 0.3) is 44.2 Å². The third-order valence-corrected chi connectivity index (χ3v) is 10.8. The summed E-state index contributed by atoms with van der Waals surface area (Å²) in [4.78, 5) is 2.56. The lowest BCUT2D eigenvalue weighted by Crippen LogP contribution is -2.18. The van der Waals surface area contributed by atoms with E-state index in [1.54, 1.807) is 0 Å². The maximum absolute atomic E-state index is 2.56. The minimum atomic E-state index is -0.147. The van der Waals surface area contributed by atoms with E-state index < -0.39 is 0 Å². The van der Waals surface area contributed by atoms with Gasteiger partial charge in [0.15, 0.2) is 0 Å². The predicted octanol–water partition coefficient (Wildman–Crippen LogP) is 12.6. The van der Waals surface area contributed by atoms with Crippen molar-refractivity contribution in [3.63, 3.8) is 0 Å². The van der Waals surface area contributed by atoms with Gasteiger partial charge in [0.05, 0.1) is 11.4 Å². The summed E-state index contributed by atoms with van der Waals surface area (Å²) < 4.78 is 0. The highest BCUT2D eigenvalue weighted by Gasteiger charge is 2.41. The van der Waals surface area contributed by atoms with Crippen LogP contribution in [0.3, 0.4) is 0 Å². The first-order valence-corrected chi connectivity index (χ1v) is 16.7. The number of hydrogen-bond acceptors (Lipinski definition) is 1. The molecule has 0 spiro atoms. The lowest BCUT2D eigenvalue weighted by atomic mass is 9.80. The molecule has 0 aliphatic heterocycles. The minimum absolute atomic E-state index is 0.0978. The molecule has 0 fully saturated rings. The Kier molecular flexibility index (Phi) is 5.96. The molecule has 226 valence electrons. The van der Waals surface area contributed by atoms with Crippen molar-refractivity contribution in [3.8, 4) is 33.4 Å². The standard InChI is InChI=1S/C46H37N/c1-45(2)37-24-12-10-22-35(37)42-39(45)26-15-27-40(42)47(33-20-14-19-31(28-33)30-16-6-5-7-17-30)41-29-32-18-8-9-21-34(32)44-43(41)36-23-11-13-25-38(36)46(44,3)4/h5-29H,1-4H3. The van der Waals surface area contributed by atoms with Crippen LogP contribution in [0.1, 0.15) is 49.9 Å². The van der Waals surface area contributed by atoms with E-state index in [1.807, 2.05) is 0 Å². The van der Waals surface area contributed by atoms with E-state index in [1.165, 1.54) is 77.8 Å². The lowest BCUT2D eigenvalue weighted by molar-refractivity contribution is 0.660. The van der Waals surface area contributed by atoms with E-state index in [-0.39, 0.29) is 10.8 Å². The summed E-state index contributed by atoms with van der Waals surface area (Å²) in [5, 5.41) is 2.59. The van der Waals surface area contributed by atoms with Crippen LogP contribution in [0.2, 0.25) is 0 Å². The van der Waals surface area contributed by atoms with Gasteiger partial charge in [-0.25, -0.2) is 0 Å². The Morgan fingerprint density at radius 3 is 1.81 bits per heavy atom. The first-order valence-electron chi connectivity index (χ1n) is 16.7. The van der Waals surface area contributed by atoms with Crippen LogP contribution in [0, 0.1) is 0 Å². The van der Waals surface area contributed by atoms with Crippen molar-refractivity contribution in [2.45, 2.75) is 38.5 Å². The van der Waals surface area contributed by atoms with E-state index in [9.17, 15) is 0 Å². The molecule has 7 aromatic rings. The van der Waals surface area contributed by atoms with Gasteiger partial charge in [-0.15, -0.1) is 0 Å². The molecule has 0 N–H and O–H groups in total. The third kappa shape index (κ3) is 3.96. The molecule has 9 rings (SSSR count). The van der Waals surface area contributed by atoms with Gasteiger partial charge in [-0.1, -0.05) is 155 Å². The van der Waals surface area contributed by atoms with Crippen LogP contribution in [0.4, 0.5) is 17.1 Å². The first-order chi connectivity index (χ1) is 22.9. The molecule has 0 amide bonds. The van der Waals surface area contributed by atoms with E-state index >= 15 is 0 Å². The summed E-state index contributed by atoms with van der Waals surface area (Å²) in [7, 11) is 0. The Morgan fingerprint density at radius 2 is 1.02 bits per heavy atom. The van der Waals surface area contributed by atoms with Gasteiger partial charge in [0, 0.05) is 27.6 Å². The Hall–Kier alpha value is -5.40. The van der Waals surface area contributed by atoms with Crippen molar-refractivity contribution in [3.05, 3.63) is 174 Å². The molecule has 0 radical (unpaired) electrons. The Labute approximate surface area is 277 Å². The van der Waals surface area contributed by atoms with Crippen LogP contribution in [-0.2, 0) is 10.8 Å². The van der Waals surface area contributed by atoms with E-state index in [0.29, 0.717) is 0 Å². The molecule has 47 heavy (non-hydrogen) atoms. The second-order valence-corrected chi connectivity index (χ2v) is 14.2. The smallest absolute Gasteiger partial charge is 0.0549 e. The molecule has 0 saturated heterocycles. The molecule has 0 heterocycles. The monoisotopic (exact) mass is 603 g/mol. The summed E-state index contributed by atoms with van der Waals surface area (Å²) in [5.74, 6) is 0. The maximum Gasteiger partial charge on any atom is 0.0549 e. The number of hydrogen-bond donors (Lipinski definition) is 0.